The van der Waals surface area contributed by atoms with Crippen LogP contribution in [0.4, 0.5) is 5.13 Å². The highest BCUT2D eigenvalue weighted by Crippen LogP contribution is 2.31. The standard InChI is InChI=1S/C25H19N3OS/c1-15-12-16(2)23-22(13-15)27-25(30-23)28-24(29)19-14-21(17-8-4-3-5-9-17)26-20-11-7-6-10-18(19)20/h3-14H,1-2H3,(H,27,28,29). The van der Waals surface area contributed by atoms with E-state index in [9.17, 15) is 4.79 Å². The zero-order chi connectivity index (χ0) is 20.7. The number of hydrogen-bond donors (Lipinski definition) is 1. The van der Waals surface area contributed by atoms with Crippen molar-refractivity contribution in [1.82, 2.24) is 9.97 Å². The molecule has 0 bridgehead atoms. The van der Waals surface area contributed by atoms with Gasteiger partial charge in [0.15, 0.2) is 5.13 Å². The molecule has 2 aromatic heterocycles. The lowest BCUT2D eigenvalue weighted by Gasteiger charge is -2.09. The van der Waals surface area contributed by atoms with Gasteiger partial charge in [-0.2, -0.15) is 0 Å². The van der Waals surface area contributed by atoms with E-state index in [-0.39, 0.29) is 5.91 Å². The molecule has 5 heteroatoms. The molecule has 1 N–H and O–H groups in total. The maximum absolute atomic E-state index is 13.3. The normalized spacial score (nSPS) is 11.1. The summed E-state index contributed by atoms with van der Waals surface area (Å²) < 4.78 is 1.10. The van der Waals surface area contributed by atoms with Crippen molar-refractivity contribution < 1.29 is 4.79 Å². The molecular formula is C25H19N3OS. The fourth-order valence-electron chi connectivity index (χ4n) is 3.71. The predicted octanol–water partition coefficient (Wildman–Crippen LogP) is 6.38. The molecule has 4 nitrogen and oxygen atoms in total. The van der Waals surface area contributed by atoms with Gasteiger partial charge in [-0.3, -0.25) is 10.1 Å². The number of benzene rings is 3. The second-order valence-electron chi connectivity index (χ2n) is 7.34. The number of carbonyl (C=O) groups excluding carboxylic acids is 1. The minimum absolute atomic E-state index is 0.181. The number of aryl methyl sites for hydroxylation is 2. The first-order valence-electron chi connectivity index (χ1n) is 9.73. The van der Waals surface area contributed by atoms with Gasteiger partial charge in [-0.25, -0.2) is 9.97 Å². The molecule has 3 aromatic carbocycles. The molecule has 0 saturated carbocycles. The summed E-state index contributed by atoms with van der Waals surface area (Å²) in [6.45, 7) is 4.12. The van der Waals surface area contributed by atoms with Crippen molar-refractivity contribution in [3.05, 3.63) is 89.5 Å². The summed E-state index contributed by atoms with van der Waals surface area (Å²) in [6, 6.07) is 23.7. The Morgan fingerprint density at radius 3 is 2.47 bits per heavy atom. The van der Waals surface area contributed by atoms with E-state index in [1.807, 2.05) is 66.7 Å². The third kappa shape index (κ3) is 3.33. The van der Waals surface area contributed by atoms with Gasteiger partial charge in [0.05, 0.1) is 27.0 Å². The second-order valence-corrected chi connectivity index (χ2v) is 8.34. The van der Waals surface area contributed by atoms with Crippen LogP contribution in [-0.4, -0.2) is 15.9 Å². The summed E-state index contributed by atoms with van der Waals surface area (Å²) in [5.74, 6) is -0.181. The average molecular weight is 410 g/mol. The van der Waals surface area contributed by atoms with Crippen molar-refractivity contribution in [3.8, 4) is 11.3 Å². The molecule has 5 aromatic rings. The van der Waals surface area contributed by atoms with E-state index in [1.54, 1.807) is 0 Å². The van der Waals surface area contributed by atoms with Crippen LogP contribution in [0.3, 0.4) is 0 Å². The predicted molar refractivity (Wildman–Crippen MR) is 124 cm³/mol. The molecule has 0 aliphatic carbocycles. The highest BCUT2D eigenvalue weighted by atomic mass is 32.1. The Hall–Kier alpha value is -3.57. The number of carbonyl (C=O) groups is 1. The Morgan fingerprint density at radius 1 is 0.867 bits per heavy atom. The quantitative estimate of drug-likeness (QED) is 0.376. The minimum Gasteiger partial charge on any atom is -0.298 e. The van der Waals surface area contributed by atoms with Gasteiger partial charge in [-0.1, -0.05) is 65.9 Å². The Kier molecular flexibility index (Phi) is 4.52. The molecule has 0 spiro atoms. The van der Waals surface area contributed by atoms with Crippen LogP contribution in [0.2, 0.25) is 0 Å². The molecular weight excluding hydrogens is 390 g/mol. The molecule has 0 saturated heterocycles. The van der Waals surface area contributed by atoms with E-state index in [2.05, 4.69) is 30.2 Å². The monoisotopic (exact) mass is 409 g/mol. The first-order valence-corrected chi connectivity index (χ1v) is 10.5. The molecule has 0 aliphatic rings. The maximum Gasteiger partial charge on any atom is 0.258 e. The Morgan fingerprint density at radius 2 is 1.63 bits per heavy atom. The van der Waals surface area contributed by atoms with Crippen molar-refractivity contribution in [1.29, 1.82) is 0 Å². The van der Waals surface area contributed by atoms with Crippen LogP contribution in [0.1, 0.15) is 21.5 Å². The fraction of sp³-hybridized carbons (Fsp3) is 0.0800. The fourth-order valence-corrected chi connectivity index (χ4v) is 4.62. The lowest BCUT2D eigenvalue weighted by molar-refractivity contribution is 0.102. The molecule has 0 radical (unpaired) electrons. The summed E-state index contributed by atoms with van der Waals surface area (Å²) in [6.07, 6.45) is 0. The first-order chi connectivity index (χ1) is 14.6. The molecule has 0 atom stereocenters. The summed E-state index contributed by atoms with van der Waals surface area (Å²) in [4.78, 5) is 22.7. The third-order valence-corrected chi connectivity index (χ3v) is 6.19. The Labute approximate surface area is 178 Å². The second kappa shape index (κ2) is 7.35. The topological polar surface area (TPSA) is 54.9 Å². The first kappa shape index (κ1) is 18.5. The number of rotatable bonds is 3. The van der Waals surface area contributed by atoms with Crippen molar-refractivity contribution >= 4 is 43.5 Å². The van der Waals surface area contributed by atoms with Gasteiger partial charge in [-0.15, -0.1) is 0 Å². The molecule has 30 heavy (non-hydrogen) atoms. The van der Waals surface area contributed by atoms with Gasteiger partial charge >= 0.3 is 0 Å². The van der Waals surface area contributed by atoms with Gasteiger partial charge in [0.2, 0.25) is 0 Å². The summed E-state index contributed by atoms with van der Waals surface area (Å²) >= 11 is 1.50. The number of amides is 1. The van der Waals surface area contributed by atoms with E-state index in [1.165, 1.54) is 16.9 Å². The van der Waals surface area contributed by atoms with Crippen LogP contribution in [0.5, 0.6) is 0 Å². The van der Waals surface area contributed by atoms with Gasteiger partial charge in [0.25, 0.3) is 5.91 Å². The zero-order valence-electron chi connectivity index (χ0n) is 16.6. The van der Waals surface area contributed by atoms with Crippen LogP contribution in [-0.2, 0) is 0 Å². The number of pyridine rings is 1. The van der Waals surface area contributed by atoms with Gasteiger partial charge in [0, 0.05) is 10.9 Å². The Bertz CT molecular complexity index is 1410. The van der Waals surface area contributed by atoms with E-state index < -0.39 is 0 Å². The average Bonchev–Trinajstić information content (AvgIpc) is 3.16. The highest BCUT2D eigenvalue weighted by Gasteiger charge is 2.16. The van der Waals surface area contributed by atoms with Gasteiger partial charge < -0.3 is 0 Å². The lowest BCUT2D eigenvalue weighted by Crippen LogP contribution is -2.13. The number of thiazole rings is 1. The molecule has 146 valence electrons. The smallest absolute Gasteiger partial charge is 0.258 e. The maximum atomic E-state index is 13.3. The van der Waals surface area contributed by atoms with Crippen LogP contribution < -0.4 is 5.32 Å². The highest BCUT2D eigenvalue weighted by molar-refractivity contribution is 7.22. The van der Waals surface area contributed by atoms with Crippen molar-refractivity contribution in [2.45, 2.75) is 13.8 Å². The minimum atomic E-state index is -0.181. The largest absolute Gasteiger partial charge is 0.298 e. The van der Waals surface area contributed by atoms with Crippen LogP contribution in [0.25, 0.3) is 32.4 Å². The number of nitrogens with one attached hydrogen (secondary N) is 1. The van der Waals surface area contributed by atoms with Gasteiger partial charge in [-0.05, 0) is 43.2 Å². The van der Waals surface area contributed by atoms with E-state index in [0.29, 0.717) is 10.7 Å². The molecule has 0 unspecified atom stereocenters. The van der Waals surface area contributed by atoms with Crippen molar-refractivity contribution in [3.63, 3.8) is 0 Å². The molecule has 0 aliphatic heterocycles. The number of fused-ring (bicyclic) bond motifs is 2. The Balaban J connectivity index is 1.58. The molecule has 2 heterocycles. The number of aromatic nitrogens is 2. The number of anilines is 1. The summed E-state index contributed by atoms with van der Waals surface area (Å²) in [7, 11) is 0. The van der Waals surface area contributed by atoms with E-state index in [4.69, 9.17) is 4.98 Å². The lowest BCUT2D eigenvalue weighted by atomic mass is 10.0. The van der Waals surface area contributed by atoms with Crippen molar-refractivity contribution in [2.24, 2.45) is 0 Å². The zero-order valence-corrected chi connectivity index (χ0v) is 17.5. The SMILES string of the molecule is Cc1cc(C)c2sc(NC(=O)c3cc(-c4ccccc4)nc4ccccc34)nc2c1. The van der Waals surface area contributed by atoms with Crippen LogP contribution in [0.15, 0.2) is 72.8 Å². The summed E-state index contributed by atoms with van der Waals surface area (Å²) in [5.41, 5.74) is 6.38. The molecule has 5 rings (SSSR count). The van der Waals surface area contributed by atoms with Gasteiger partial charge in [0.1, 0.15) is 0 Å². The number of nitrogens with zero attached hydrogens (tertiary/aromatic N) is 2. The number of para-hydroxylation sites is 1. The molecule has 0 fully saturated rings. The molecule has 1 amide bonds. The van der Waals surface area contributed by atoms with Crippen LogP contribution >= 0.6 is 11.3 Å². The third-order valence-electron chi connectivity index (χ3n) is 5.07. The summed E-state index contributed by atoms with van der Waals surface area (Å²) in [5, 5.41) is 4.43. The van der Waals surface area contributed by atoms with E-state index >= 15 is 0 Å². The van der Waals surface area contributed by atoms with Crippen LogP contribution in [0, 0.1) is 13.8 Å². The van der Waals surface area contributed by atoms with Crippen molar-refractivity contribution in [2.75, 3.05) is 5.32 Å². The van der Waals surface area contributed by atoms with E-state index in [0.717, 1.165) is 37.9 Å². The number of hydrogen-bond acceptors (Lipinski definition) is 4.